The highest BCUT2D eigenvalue weighted by Gasteiger charge is 2.18. The molecule has 174 valence electrons. The van der Waals surface area contributed by atoms with Crippen LogP contribution < -0.4 is 9.47 Å². The lowest BCUT2D eigenvalue weighted by atomic mass is 10.1. The maximum absolute atomic E-state index is 11.3. The van der Waals surface area contributed by atoms with Gasteiger partial charge in [0, 0.05) is 48.0 Å². The molecule has 5 aromatic rings. The van der Waals surface area contributed by atoms with Crippen molar-refractivity contribution in [3.05, 3.63) is 118 Å². The minimum Gasteiger partial charge on any atom is -0.473 e. The van der Waals surface area contributed by atoms with Gasteiger partial charge in [0.05, 0.1) is 10.4 Å². The third kappa shape index (κ3) is 4.84. The molecule has 2 heterocycles. The summed E-state index contributed by atoms with van der Waals surface area (Å²) in [5.74, 6) is 0.891. The first kappa shape index (κ1) is 22.2. The lowest BCUT2D eigenvalue weighted by Crippen LogP contribution is -2.02. The van der Waals surface area contributed by atoms with Gasteiger partial charge in [0.2, 0.25) is 11.8 Å². The van der Waals surface area contributed by atoms with E-state index in [9.17, 15) is 10.1 Å². The highest BCUT2D eigenvalue weighted by atomic mass is 16.6. The molecule has 0 amide bonds. The van der Waals surface area contributed by atoms with Crippen molar-refractivity contribution in [2.75, 3.05) is 0 Å². The van der Waals surface area contributed by atoms with Gasteiger partial charge in [-0.2, -0.15) is 4.98 Å². The van der Waals surface area contributed by atoms with Crippen molar-refractivity contribution in [3.8, 4) is 22.9 Å². The predicted octanol–water partition coefficient (Wildman–Crippen LogP) is 6.31. The van der Waals surface area contributed by atoms with E-state index < -0.39 is 0 Å². The number of hydrogen-bond acceptors (Lipinski definition) is 5. The zero-order chi connectivity index (χ0) is 24.2. The Morgan fingerprint density at radius 1 is 0.829 bits per heavy atom. The van der Waals surface area contributed by atoms with Gasteiger partial charge < -0.3 is 14.0 Å². The van der Waals surface area contributed by atoms with Gasteiger partial charge in [-0.25, -0.2) is 0 Å². The van der Waals surface area contributed by atoms with Crippen LogP contribution in [-0.2, 0) is 20.3 Å². The highest BCUT2D eigenvalue weighted by molar-refractivity contribution is 5.98. The Kier molecular flexibility index (Phi) is 6.13. The van der Waals surface area contributed by atoms with Crippen LogP contribution in [0.25, 0.3) is 22.0 Å². The molecule has 0 aliphatic carbocycles. The lowest BCUT2D eigenvalue weighted by molar-refractivity contribution is -0.384. The Bertz CT molecular complexity index is 1480. The van der Waals surface area contributed by atoms with Crippen molar-refractivity contribution in [3.63, 3.8) is 0 Å². The van der Waals surface area contributed by atoms with Crippen LogP contribution in [-0.4, -0.2) is 14.5 Å². The number of nitrogens with zero attached hydrogens (tertiary/aromatic N) is 3. The molecule has 0 radical (unpaired) electrons. The molecule has 0 spiro atoms. The zero-order valence-electron chi connectivity index (χ0n) is 19.1. The van der Waals surface area contributed by atoms with Crippen LogP contribution in [0.2, 0.25) is 0 Å². The fourth-order valence-electron chi connectivity index (χ4n) is 3.98. The molecule has 0 aliphatic rings. The number of rotatable bonds is 8. The molecule has 0 saturated heterocycles. The molecular weight excluding hydrogens is 442 g/mol. The number of hydrogen-bond donors (Lipinski definition) is 0. The fourth-order valence-corrected chi connectivity index (χ4v) is 3.98. The Balaban J connectivity index is 1.52. The molecular formula is C28H23N3O4. The first-order valence-corrected chi connectivity index (χ1v) is 11.2. The van der Waals surface area contributed by atoms with Crippen molar-refractivity contribution in [1.29, 1.82) is 0 Å². The van der Waals surface area contributed by atoms with E-state index >= 15 is 0 Å². The molecule has 5 rings (SSSR count). The first-order valence-electron chi connectivity index (χ1n) is 11.2. The van der Waals surface area contributed by atoms with E-state index in [1.807, 2.05) is 90.6 Å². The van der Waals surface area contributed by atoms with Crippen molar-refractivity contribution in [2.45, 2.75) is 13.2 Å². The average Bonchev–Trinajstić information content (AvgIpc) is 3.23. The summed E-state index contributed by atoms with van der Waals surface area (Å²) >= 11 is 0. The standard InChI is InChI=1S/C28H23N3O4/c1-30-17-25(23-13-12-22(31(32)33)16-26(23)30)24-14-15-27(34-18-20-8-4-2-5-9-20)29-28(24)35-19-21-10-6-3-7-11-21/h2-17H,18-19H2,1H3. The maximum Gasteiger partial charge on any atom is 0.271 e. The minimum absolute atomic E-state index is 0.0496. The van der Waals surface area contributed by atoms with Crippen LogP contribution in [0.15, 0.2) is 97.2 Å². The third-order valence-electron chi connectivity index (χ3n) is 5.76. The second-order valence-corrected chi connectivity index (χ2v) is 8.16. The summed E-state index contributed by atoms with van der Waals surface area (Å²) in [6.45, 7) is 0.739. The minimum atomic E-state index is -0.388. The molecule has 0 aliphatic heterocycles. The molecule has 7 nitrogen and oxygen atoms in total. The van der Waals surface area contributed by atoms with Crippen LogP contribution in [0.4, 0.5) is 5.69 Å². The van der Waals surface area contributed by atoms with Crippen molar-refractivity contribution >= 4 is 16.6 Å². The number of pyridine rings is 1. The Hall–Kier alpha value is -4.65. The second kappa shape index (κ2) is 9.69. The van der Waals surface area contributed by atoms with E-state index in [-0.39, 0.29) is 10.6 Å². The van der Waals surface area contributed by atoms with E-state index in [2.05, 4.69) is 4.98 Å². The lowest BCUT2D eigenvalue weighted by Gasteiger charge is -2.13. The highest BCUT2D eigenvalue weighted by Crippen LogP contribution is 2.38. The largest absolute Gasteiger partial charge is 0.473 e. The topological polar surface area (TPSA) is 79.4 Å². The molecule has 0 fully saturated rings. The van der Waals surface area contributed by atoms with Crippen molar-refractivity contribution in [2.24, 2.45) is 7.05 Å². The molecule has 0 saturated carbocycles. The number of non-ortho nitro benzene ring substituents is 1. The fraction of sp³-hybridized carbons (Fsp3) is 0.107. The summed E-state index contributed by atoms with van der Waals surface area (Å²) in [6, 6.07) is 28.4. The van der Waals surface area contributed by atoms with Crippen LogP contribution >= 0.6 is 0 Å². The molecule has 0 N–H and O–H groups in total. The molecule has 0 bridgehead atoms. The van der Waals surface area contributed by atoms with Gasteiger partial charge in [0.1, 0.15) is 13.2 Å². The van der Waals surface area contributed by atoms with E-state index in [4.69, 9.17) is 9.47 Å². The summed E-state index contributed by atoms with van der Waals surface area (Å²) in [6.07, 6.45) is 1.94. The number of fused-ring (bicyclic) bond motifs is 1. The van der Waals surface area contributed by atoms with Gasteiger partial charge in [-0.1, -0.05) is 60.7 Å². The monoisotopic (exact) mass is 465 g/mol. The average molecular weight is 466 g/mol. The van der Waals surface area contributed by atoms with Crippen LogP contribution in [0.1, 0.15) is 11.1 Å². The van der Waals surface area contributed by atoms with Gasteiger partial charge in [-0.05, 0) is 23.3 Å². The maximum atomic E-state index is 11.3. The molecule has 3 aromatic carbocycles. The van der Waals surface area contributed by atoms with Crippen molar-refractivity contribution in [1.82, 2.24) is 9.55 Å². The normalized spacial score (nSPS) is 10.9. The van der Waals surface area contributed by atoms with Crippen LogP contribution in [0, 0.1) is 10.1 Å². The number of aryl methyl sites for hydroxylation is 1. The summed E-state index contributed by atoms with van der Waals surface area (Å²) in [5, 5.41) is 12.1. The number of nitro groups is 1. The Labute approximate surface area is 202 Å². The van der Waals surface area contributed by atoms with E-state index in [0.29, 0.717) is 25.0 Å². The molecule has 0 unspecified atom stereocenters. The summed E-state index contributed by atoms with van der Waals surface area (Å²) in [4.78, 5) is 15.6. The van der Waals surface area contributed by atoms with E-state index in [1.54, 1.807) is 12.1 Å². The van der Waals surface area contributed by atoms with Crippen molar-refractivity contribution < 1.29 is 14.4 Å². The summed E-state index contributed by atoms with van der Waals surface area (Å²) < 4.78 is 14.0. The Morgan fingerprint density at radius 2 is 1.49 bits per heavy atom. The molecule has 2 aromatic heterocycles. The van der Waals surface area contributed by atoms with E-state index in [1.165, 1.54) is 6.07 Å². The quantitative estimate of drug-likeness (QED) is 0.198. The summed E-state index contributed by atoms with van der Waals surface area (Å²) in [7, 11) is 1.87. The van der Waals surface area contributed by atoms with Gasteiger partial charge in [-0.15, -0.1) is 0 Å². The number of nitro benzene ring substituents is 1. The smallest absolute Gasteiger partial charge is 0.271 e. The Morgan fingerprint density at radius 3 is 2.14 bits per heavy atom. The zero-order valence-corrected chi connectivity index (χ0v) is 19.1. The van der Waals surface area contributed by atoms with Gasteiger partial charge in [0.15, 0.2) is 0 Å². The van der Waals surface area contributed by atoms with Gasteiger partial charge in [-0.3, -0.25) is 10.1 Å². The first-order chi connectivity index (χ1) is 17.1. The predicted molar refractivity (Wildman–Crippen MR) is 134 cm³/mol. The van der Waals surface area contributed by atoms with E-state index in [0.717, 1.165) is 33.2 Å². The number of benzene rings is 3. The summed E-state index contributed by atoms with van der Waals surface area (Å²) in [5.41, 5.74) is 4.53. The second-order valence-electron chi connectivity index (χ2n) is 8.16. The van der Waals surface area contributed by atoms with Crippen LogP contribution in [0.3, 0.4) is 0 Å². The molecule has 35 heavy (non-hydrogen) atoms. The van der Waals surface area contributed by atoms with Crippen LogP contribution in [0.5, 0.6) is 11.8 Å². The molecule has 0 atom stereocenters. The number of ether oxygens (including phenoxy) is 2. The third-order valence-corrected chi connectivity index (χ3v) is 5.76. The van der Waals surface area contributed by atoms with Gasteiger partial charge in [0.25, 0.3) is 5.69 Å². The number of aromatic nitrogens is 2. The molecule has 7 heteroatoms. The SMILES string of the molecule is Cn1cc(-c2ccc(OCc3ccccc3)nc2OCc2ccccc2)c2ccc([N+](=O)[O-])cc21. The van der Waals surface area contributed by atoms with Gasteiger partial charge >= 0.3 is 0 Å².